The fourth-order valence-corrected chi connectivity index (χ4v) is 2.35. The second-order valence-corrected chi connectivity index (χ2v) is 5.64. The molecule has 0 spiro atoms. The van der Waals surface area contributed by atoms with Crippen LogP contribution in [0.15, 0.2) is 30.3 Å². The van der Waals surface area contributed by atoms with E-state index in [0.29, 0.717) is 5.92 Å². The highest BCUT2D eigenvalue weighted by Gasteiger charge is 2.18. The lowest BCUT2D eigenvalue weighted by Gasteiger charge is -2.21. The second kappa shape index (κ2) is 5.68. The average Bonchev–Trinajstić information content (AvgIpc) is 2.36. The highest BCUT2D eigenvalue weighted by Crippen LogP contribution is 2.23. The number of aryl methyl sites for hydroxylation is 1. The first-order valence-corrected chi connectivity index (χ1v) is 6.78. The Morgan fingerprint density at radius 3 is 2.63 bits per heavy atom. The van der Waals surface area contributed by atoms with E-state index in [1.54, 1.807) is 0 Å². The van der Waals surface area contributed by atoms with Gasteiger partial charge in [-0.25, -0.2) is 0 Å². The molecular formula is C16H22N2O. The van der Waals surface area contributed by atoms with Crippen molar-refractivity contribution in [3.8, 4) is 0 Å². The van der Waals surface area contributed by atoms with Crippen molar-refractivity contribution in [2.45, 2.75) is 39.3 Å². The Balaban J connectivity index is 2.27. The summed E-state index contributed by atoms with van der Waals surface area (Å²) >= 11 is 0. The molecule has 3 N–H and O–H groups in total. The molecule has 2 rings (SSSR count). The van der Waals surface area contributed by atoms with Crippen LogP contribution in [0.1, 0.15) is 37.6 Å². The van der Waals surface area contributed by atoms with Gasteiger partial charge in [0, 0.05) is 17.1 Å². The van der Waals surface area contributed by atoms with Crippen molar-refractivity contribution < 1.29 is 5.11 Å². The van der Waals surface area contributed by atoms with E-state index in [1.165, 1.54) is 0 Å². The normalized spacial score (nSPS) is 14.8. The molecule has 1 aromatic heterocycles. The Kier molecular flexibility index (Phi) is 4.17. The van der Waals surface area contributed by atoms with Crippen LogP contribution in [-0.4, -0.2) is 16.1 Å². The Morgan fingerprint density at radius 1 is 1.21 bits per heavy atom. The molecule has 3 heteroatoms. The average molecular weight is 258 g/mol. The third kappa shape index (κ3) is 3.31. The van der Waals surface area contributed by atoms with Crippen LogP contribution in [0.2, 0.25) is 0 Å². The van der Waals surface area contributed by atoms with E-state index >= 15 is 0 Å². The standard InChI is InChI=1S/C16H22N2O/c1-10(2)8-14(17)16(19)13-6-7-15-12(9-13)5-4-11(3)18-15/h4-7,9-10,14,16,19H,8,17H2,1-3H3. The number of nitrogens with two attached hydrogens (primary N) is 1. The lowest BCUT2D eigenvalue weighted by Crippen LogP contribution is -2.29. The monoisotopic (exact) mass is 258 g/mol. The van der Waals surface area contributed by atoms with Gasteiger partial charge in [0.1, 0.15) is 0 Å². The van der Waals surface area contributed by atoms with Crippen molar-refractivity contribution in [3.05, 3.63) is 41.6 Å². The highest BCUT2D eigenvalue weighted by atomic mass is 16.3. The van der Waals surface area contributed by atoms with Crippen LogP contribution >= 0.6 is 0 Å². The minimum Gasteiger partial charge on any atom is -0.387 e. The van der Waals surface area contributed by atoms with Crippen LogP contribution in [0.25, 0.3) is 10.9 Å². The number of aromatic nitrogens is 1. The number of benzene rings is 1. The number of fused-ring (bicyclic) bond motifs is 1. The predicted molar refractivity (Wildman–Crippen MR) is 78.9 cm³/mol. The molecule has 0 bridgehead atoms. The van der Waals surface area contributed by atoms with Gasteiger partial charge in [-0.1, -0.05) is 26.0 Å². The van der Waals surface area contributed by atoms with Gasteiger partial charge in [-0.2, -0.15) is 0 Å². The molecule has 0 aliphatic heterocycles. The highest BCUT2D eigenvalue weighted by molar-refractivity contribution is 5.79. The van der Waals surface area contributed by atoms with Gasteiger partial charge in [0.2, 0.25) is 0 Å². The fourth-order valence-electron chi connectivity index (χ4n) is 2.35. The maximum Gasteiger partial charge on any atom is 0.0941 e. The van der Waals surface area contributed by atoms with E-state index in [9.17, 15) is 5.11 Å². The largest absolute Gasteiger partial charge is 0.387 e. The Labute approximate surface area is 114 Å². The zero-order chi connectivity index (χ0) is 14.0. The smallest absolute Gasteiger partial charge is 0.0941 e. The summed E-state index contributed by atoms with van der Waals surface area (Å²) in [5.74, 6) is 0.481. The first-order chi connectivity index (χ1) is 8.97. The van der Waals surface area contributed by atoms with E-state index in [4.69, 9.17) is 5.73 Å². The fraction of sp³-hybridized carbons (Fsp3) is 0.438. The zero-order valence-electron chi connectivity index (χ0n) is 11.8. The van der Waals surface area contributed by atoms with Crippen molar-refractivity contribution in [2.75, 3.05) is 0 Å². The second-order valence-electron chi connectivity index (χ2n) is 5.64. The van der Waals surface area contributed by atoms with Crippen LogP contribution in [0, 0.1) is 12.8 Å². The van der Waals surface area contributed by atoms with Crippen molar-refractivity contribution in [1.82, 2.24) is 4.98 Å². The van der Waals surface area contributed by atoms with E-state index in [-0.39, 0.29) is 6.04 Å². The quantitative estimate of drug-likeness (QED) is 0.886. The molecule has 0 amide bonds. The Hall–Kier alpha value is -1.45. The van der Waals surface area contributed by atoms with Crippen molar-refractivity contribution in [3.63, 3.8) is 0 Å². The maximum absolute atomic E-state index is 10.3. The first-order valence-electron chi connectivity index (χ1n) is 6.78. The van der Waals surface area contributed by atoms with Gasteiger partial charge in [-0.05, 0) is 43.0 Å². The summed E-state index contributed by atoms with van der Waals surface area (Å²) in [5.41, 5.74) is 8.87. The lowest BCUT2D eigenvalue weighted by molar-refractivity contribution is 0.136. The van der Waals surface area contributed by atoms with Crippen molar-refractivity contribution in [1.29, 1.82) is 0 Å². The number of hydrogen-bond donors (Lipinski definition) is 2. The molecule has 2 unspecified atom stereocenters. The summed E-state index contributed by atoms with van der Waals surface area (Å²) in [4.78, 5) is 4.46. The Morgan fingerprint density at radius 2 is 1.95 bits per heavy atom. The third-order valence-corrected chi connectivity index (χ3v) is 3.34. The summed E-state index contributed by atoms with van der Waals surface area (Å²) in [6.07, 6.45) is 0.193. The van der Waals surface area contributed by atoms with E-state index < -0.39 is 6.10 Å². The number of pyridine rings is 1. The Bertz CT molecular complexity index is 566. The molecule has 3 nitrogen and oxygen atoms in total. The summed E-state index contributed by atoms with van der Waals surface area (Å²) in [7, 11) is 0. The van der Waals surface area contributed by atoms with Gasteiger partial charge < -0.3 is 10.8 Å². The molecule has 0 radical (unpaired) electrons. The molecule has 0 saturated heterocycles. The van der Waals surface area contributed by atoms with Gasteiger partial charge in [-0.3, -0.25) is 4.98 Å². The molecule has 2 aromatic rings. The van der Waals surface area contributed by atoms with Crippen molar-refractivity contribution >= 4 is 10.9 Å². The summed E-state index contributed by atoms with van der Waals surface area (Å²) in [5, 5.41) is 11.3. The van der Waals surface area contributed by atoms with E-state index in [2.05, 4.69) is 18.8 Å². The third-order valence-electron chi connectivity index (χ3n) is 3.34. The first kappa shape index (κ1) is 14.0. The molecule has 2 atom stereocenters. The summed E-state index contributed by atoms with van der Waals surface area (Å²) in [6.45, 7) is 6.19. The molecule has 0 saturated carbocycles. The molecule has 1 aromatic carbocycles. The maximum atomic E-state index is 10.3. The van der Waals surface area contributed by atoms with Gasteiger partial charge in [-0.15, -0.1) is 0 Å². The van der Waals surface area contributed by atoms with Gasteiger partial charge in [0.25, 0.3) is 0 Å². The van der Waals surface area contributed by atoms with E-state index in [1.807, 2.05) is 37.3 Å². The molecule has 102 valence electrons. The van der Waals surface area contributed by atoms with Gasteiger partial charge in [0.05, 0.1) is 11.6 Å². The van der Waals surface area contributed by atoms with Gasteiger partial charge >= 0.3 is 0 Å². The van der Waals surface area contributed by atoms with Crippen LogP contribution in [-0.2, 0) is 0 Å². The summed E-state index contributed by atoms with van der Waals surface area (Å²) in [6, 6.07) is 9.62. The number of rotatable bonds is 4. The molecule has 0 aliphatic rings. The summed E-state index contributed by atoms with van der Waals surface area (Å²) < 4.78 is 0. The van der Waals surface area contributed by atoms with Gasteiger partial charge in [0.15, 0.2) is 0 Å². The predicted octanol–water partition coefficient (Wildman–Crippen LogP) is 2.95. The SMILES string of the molecule is Cc1ccc2cc(C(O)C(N)CC(C)C)ccc2n1. The molecule has 0 fully saturated rings. The molecule has 0 aliphatic carbocycles. The number of aliphatic hydroxyl groups excluding tert-OH is 1. The van der Waals surface area contributed by atoms with Crippen LogP contribution < -0.4 is 5.73 Å². The number of hydrogen-bond acceptors (Lipinski definition) is 3. The zero-order valence-corrected chi connectivity index (χ0v) is 11.8. The molecular weight excluding hydrogens is 236 g/mol. The minimum atomic E-state index is -0.617. The van der Waals surface area contributed by atoms with Crippen LogP contribution in [0.3, 0.4) is 0 Å². The van der Waals surface area contributed by atoms with Crippen LogP contribution in [0.5, 0.6) is 0 Å². The van der Waals surface area contributed by atoms with E-state index in [0.717, 1.165) is 28.6 Å². The minimum absolute atomic E-state index is 0.226. The van der Waals surface area contributed by atoms with Crippen LogP contribution in [0.4, 0.5) is 0 Å². The molecule has 1 heterocycles. The number of nitrogens with zero attached hydrogens (tertiary/aromatic N) is 1. The number of aliphatic hydroxyl groups is 1. The topological polar surface area (TPSA) is 59.1 Å². The molecule has 19 heavy (non-hydrogen) atoms. The lowest BCUT2D eigenvalue weighted by atomic mass is 9.94. The van der Waals surface area contributed by atoms with Crippen molar-refractivity contribution in [2.24, 2.45) is 11.7 Å².